The molecule has 0 bridgehead atoms. The van der Waals surface area contributed by atoms with Crippen molar-refractivity contribution in [1.82, 2.24) is 4.98 Å². The van der Waals surface area contributed by atoms with Gasteiger partial charge in [-0.15, -0.1) is 0 Å². The Balaban J connectivity index is 1.72. The monoisotopic (exact) mass is 379 g/mol. The van der Waals surface area contributed by atoms with E-state index in [4.69, 9.17) is 0 Å². The van der Waals surface area contributed by atoms with Crippen LogP contribution in [0.3, 0.4) is 0 Å². The average molecular weight is 379 g/mol. The van der Waals surface area contributed by atoms with Gasteiger partial charge in [-0.1, -0.05) is 6.07 Å². The van der Waals surface area contributed by atoms with Gasteiger partial charge in [0.2, 0.25) is 0 Å². The third-order valence-corrected chi connectivity index (χ3v) is 4.18. The van der Waals surface area contributed by atoms with Crippen molar-refractivity contribution in [2.24, 2.45) is 0 Å². The van der Waals surface area contributed by atoms with E-state index in [0.29, 0.717) is 18.2 Å². The fourth-order valence-corrected chi connectivity index (χ4v) is 2.61. The number of hydrogen-bond donors (Lipinski definition) is 0. The van der Waals surface area contributed by atoms with Crippen LogP contribution in [0.1, 0.15) is 46.2 Å². The van der Waals surface area contributed by atoms with Crippen molar-refractivity contribution in [2.45, 2.75) is 38.7 Å². The van der Waals surface area contributed by atoms with Gasteiger partial charge in [0.15, 0.2) is 23.1 Å². The van der Waals surface area contributed by atoms with Gasteiger partial charge in [-0.25, -0.2) is 0 Å². The first-order valence-electron chi connectivity index (χ1n) is 8.17. The van der Waals surface area contributed by atoms with Crippen molar-refractivity contribution >= 4 is 11.6 Å². The molecule has 1 aromatic carbocycles. The second-order valence-corrected chi connectivity index (χ2v) is 6.31. The van der Waals surface area contributed by atoms with Crippen LogP contribution in [0.15, 0.2) is 36.5 Å². The van der Waals surface area contributed by atoms with Crippen molar-refractivity contribution < 1.29 is 32.2 Å². The van der Waals surface area contributed by atoms with Crippen LogP contribution in [0.4, 0.5) is 13.2 Å². The molecule has 0 spiro atoms. The number of fused-ring (bicyclic) bond motifs is 1. The molecule has 8 heteroatoms. The fraction of sp³-hybridized carbons (Fsp3) is 0.316. The number of carbonyl (C=O) groups is 2. The second-order valence-electron chi connectivity index (χ2n) is 6.31. The van der Waals surface area contributed by atoms with Crippen LogP contribution in [0.25, 0.3) is 0 Å². The van der Waals surface area contributed by atoms with Gasteiger partial charge in [0.25, 0.3) is 0 Å². The molecule has 0 amide bonds. The second kappa shape index (κ2) is 6.68. The highest BCUT2D eigenvalue weighted by Gasteiger charge is 2.60. The number of pyridine rings is 1. The zero-order valence-electron chi connectivity index (χ0n) is 14.6. The molecule has 0 N–H and O–H groups in total. The van der Waals surface area contributed by atoms with E-state index in [-0.39, 0.29) is 35.7 Å². The SMILES string of the molecule is Cc1cccnc1C(=O)CCC(=O)c1ccc2c(c1)OC(C)(F)C(F)(F)O2. The molecule has 0 fully saturated rings. The number of carbonyl (C=O) groups excluding carboxylic acids is 2. The quantitative estimate of drug-likeness (QED) is 0.726. The van der Waals surface area contributed by atoms with Crippen molar-refractivity contribution in [1.29, 1.82) is 0 Å². The lowest BCUT2D eigenvalue weighted by atomic mass is 10.0. The third kappa shape index (κ3) is 3.65. The highest BCUT2D eigenvalue weighted by atomic mass is 19.3. The predicted octanol–water partition coefficient (Wildman–Crippen LogP) is 4.29. The van der Waals surface area contributed by atoms with Crippen LogP contribution >= 0.6 is 0 Å². The number of rotatable bonds is 5. The lowest BCUT2D eigenvalue weighted by Crippen LogP contribution is -2.53. The zero-order chi connectivity index (χ0) is 19.8. The number of benzene rings is 1. The maximum absolute atomic E-state index is 13.9. The van der Waals surface area contributed by atoms with Crippen LogP contribution in [0.2, 0.25) is 0 Å². The van der Waals surface area contributed by atoms with Crippen LogP contribution in [0, 0.1) is 6.92 Å². The molecular formula is C19H16F3NO4. The van der Waals surface area contributed by atoms with E-state index in [9.17, 15) is 22.8 Å². The van der Waals surface area contributed by atoms with E-state index in [1.165, 1.54) is 12.3 Å². The first kappa shape index (κ1) is 18.9. The first-order valence-corrected chi connectivity index (χ1v) is 8.17. The molecule has 1 aliphatic rings. The average Bonchev–Trinajstić information content (AvgIpc) is 2.60. The summed E-state index contributed by atoms with van der Waals surface area (Å²) >= 11 is 0. The normalized spacial score (nSPS) is 20.2. The Bertz CT molecular complexity index is 912. The molecular weight excluding hydrogens is 363 g/mol. The summed E-state index contributed by atoms with van der Waals surface area (Å²) in [5.74, 6) is -4.74. The van der Waals surface area contributed by atoms with E-state index in [1.54, 1.807) is 19.1 Å². The summed E-state index contributed by atoms with van der Waals surface area (Å²) in [6.45, 7) is 2.28. The molecule has 2 aromatic rings. The molecule has 2 heterocycles. The number of aromatic nitrogens is 1. The number of aryl methyl sites for hydroxylation is 1. The van der Waals surface area contributed by atoms with Crippen LogP contribution in [-0.4, -0.2) is 28.5 Å². The molecule has 142 valence electrons. The predicted molar refractivity (Wildman–Crippen MR) is 89.0 cm³/mol. The molecule has 3 rings (SSSR count). The Hall–Kier alpha value is -2.90. The molecule has 1 unspecified atom stereocenters. The summed E-state index contributed by atoms with van der Waals surface area (Å²) in [4.78, 5) is 28.5. The Labute approximate surface area is 153 Å². The summed E-state index contributed by atoms with van der Waals surface area (Å²) < 4.78 is 49.9. The number of ether oxygens (including phenoxy) is 2. The Morgan fingerprint density at radius 1 is 1.04 bits per heavy atom. The highest BCUT2D eigenvalue weighted by Crippen LogP contribution is 2.46. The standard InChI is InChI=1S/C19H16F3NO4/c1-11-4-3-9-23-17(11)14(25)7-6-13(24)12-5-8-15-16(10-12)26-18(2,20)19(21,22)27-15/h3-5,8-10H,6-7H2,1-2H3. The summed E-state index contributed by atoms with van der Waals surface area (Å²) in [5.41, 5.74) is 1.10. The smallest absolute Gasteiger partial charge is 0.446 e. The van der Waals surface area contributed by atoms with Gasteiger partial charge >= 0.3 is 12.0 Å². The molecule has 5 nitrogen and oxygen atoms in total. The number of hydrogen-bond acceptors (Lipinski definition) is 5. The number of nitrogens with zero attached hydrogens (tertiary/aromatic N) is 1. The molecule has 27 heavy (non-hydrogen) atoms. The third-order valence-electron chi connectivity index (χ3n) is 4.18. The van der Waals surface area contributed by atoms with Gasteiger partial charge in [0.1, 0.15) is 5.69 Å². The van der Waals surface area contributed by atoms with Crippen LogP contribution in [0.5, 0.6) is 11.5 Å². The molecule has 0 saturated heterocycles. The number of halogens is 3. The lowest BCUT2D eigenvalue weighted by Gasteiger charge is -2.35. The maximum Gasteiger partial charge on any atom is 0.471 e. The summed E-state index contributed by atoms with van der Waals surface area (Å²) in [7, 11) is 0. The summed E-state index contributed by atoms with van der Waals surface area (Å²) in [6.07, 6.45) is -2.84. The Morgan fingerprint density at radius 2 is 1.74 bits per heavy atom. The molecule has 1 aliphatic heterocycles. The molecule has 1 atom stereocenters. The van der Waals surface area contributed by atoms with Gasteiger partial charge < -0.3 is 9.47 Å². The number of ketones is 2. The zero-order valence-corrected chi connectivity index (χ0v) is 14.6. The minimum Gasteiger partial charge on any atom is -0.446 e. The Morgan fingerprint density at radius 3 is 2.44 bits per heavy atom. The molecule has 0 aliphatic carbocycles. The van der Waals surface area contributed by atoms with E-state index in [1.807, 2.05) is 0 Å². The molecule has 0 radical (unpaired) electrons. The van der Waals surface area contributed by atoms with Crippen molar-refractivity contribution in [3.8, 4) is 11.5 Å². The minimum atomic E-state index is -4.15. The number of alkyl halides is 3. The Kier molecular flexibility index (Phi) is 4.67. The lowest BCUT2D eigenvalue weighted by molar-refractivity contribution is -0.332. The van der Waals surface area contributed by atoms with Crippen molar-refractivity contribution in [3.05, 3.63) is 53.3 Å². The van der Waals surface area contributed by atoms with Gasteiger partial charge in [0, 0.05) is 31.5 Å². The van der Waals surface area contributed by atoms with Crippen LogP contribution in [-0.2, 0) is 0 Å². The summed E-state index contributed by atoms with van der Waals surface area (Å²) in [6, 6.07) is 6.94. The van der Waals surface area contributed by atoms with Crippen LogP contribution < -0.4 is 9.47 Å². The molecule has 1 aromatic heterocycles. The van der Waals surface area contributed by atoms with Crippen molar-refractivity contribution in [2.75, 3.05) is 0 Å². The van der Waals surface area contributed by atoms with Gasteiger partial charge in [-0.05, 0) is 36.8 Å². The van der Waals surface area contributed by atoms with E-state index < -0.39 is 17.7 Å². The van der Waals surface area contributed by atoms with Crippen molar-refractivity contribution in [3.63, 3.8) is 0 Å². The van der Waals surface area contributed by atoms with E-state index in [0.717, 1.165) is 12.1 Å². The van der Waals surface area contributed by atoms with E-state index in [2.05, 4.69) is 14.5 Å². The minimum absolute atomic E-state index is 0.0655. The first-order chi connectivity index (χ1) is 12.6. The van der Waals surface area contributed by atoms with Gasteiger partial charge in [-0.2, -0.15) is 13.2 Å². The molecule has 0 saturated carbocycles. The summed E-state index contributed by atoms with van der Waals surface area (Å²) in [5, 5.41) is 0. The largest absolute Gasteiger partial charge is 0.471 e. The fourth-order valence-electron chi connectivity index (χ4n) is 2.61. The topological polar surface area (TPSA) is 65.5 Å². The van der Waals surface area contributed by atoms with E-state index >= 15 is 0 Å². The number of Topliss-reactive ketones (excluding diaryl/α,β-unsaturated/α-hetero) is 2. The highest BCUT2D eigenvalue weighted by molar-refractivity contribution is 6.02. The van der Waals surface area contributed by atoms with Gasteiger partial charge in [0.05, 0.1) is 0 Å². The maximum atomic E-state index is 13.9. The van der Waals surface area contributed by atoms with Gasteiger partial charge in [-0.3, -0.25) is 14.6 Å².